The molecule has 0 unspecified atom stereocenters. The van der Waals surface area contributed by atoms with Gasteiger partial charge in [-0.05, 0) is 31.9 Å². The fourth-order valence-electron chi connectivity index (χ4n) is 4.92. The smallest absolute Gasteiger partial charge is 0.263 e. The summed E-state index contributed by atoms with van der Waals surface area (Å²) in [5, 5.41) is 0.0581. The van der Waals surface area contributed by atoms with E-state index in [9.17, 15) is 22.4 Å². The van der Waals surface area contributed by atoms with Crippen LogP contribution in [-0.2, 0) is 21.4 Å². The molecular formula is C24H28FN5O4S2. The minimum Gasteiger partial charge on any atom is -0.366 e. The highest BCUT2D eigenvalue weighted by Gasteiger charge is 2.33. The van der Waals surface area contributed by atoms with Crippen molar-refractivity contribution >= 4 is 43.2 Å². The van der Waals surface area contributed by atoms with Crippen LogP contribution >= 0.6 is 11.3 Å². The number of hydrogen-bond acceptors (Lipinski definition) is 7. The van der Waals surface area contributed by atoms with Crippen LogP contribution in [0.25, 0.3) is 10.2 Å². The second-order valence-electron chi connectivity index (χ2n) is 9.13. The summed E-state index contributed by atoms with van der Waals surface area (Å²) in [7, 11) is -3.84. The van der Waals surface area contributed by atoms with E-state index >= 15 is 0 Å². The fourth-order valence-corrected chi connectivity index (χ4v) is 8.11. The fraction of sp³-hybridized carbons (Fsp3) is 0.458. The third kappa shape index (κ3) is 4.53. The Labute approximate surface area is 212 Å². The number of nitrogens with zero attached hydrogens (tertiary/aromatic N) is 5. The Morgan fingerprint density at radius 2 is 1.75 bits per heavy atom. The van der Waals surface area contributed by atoms with E-state index in [0.717, 1.165) is 19.3 Å². The lowest BCUT2D eigenvalue weighted by molar-refractivity contribution is -0.132. The average molecular weight is 534 g/mol. The molecule has 0 radical (unpaired) electrons. The highest BCUT2D eigenvalue weighted by atomic mass is 32.2. The first-order chi connectivity index (χ1) is 17.3. The van der Waals surface area contributed by atoms with Gasteiger partial charge in [0.1, 0.15) is 22.1 Å². The molecule has 1 aromatic carbocycles. The molecule has 1 amide bonds. The van der Waals surface area contributed by atoms with Gasteiger partial charge in [0.15, 0.2) is 0 Å². The number of sulfonamides is 1. The molecule has 12 heteroatoms. The molecule has 0 N–H and O–H groups in total. The molecule has 2 saturated heterocycles. The number of thiophene rings is 1. The van der Waals surface area contributed by atoms with Crippen molar-refractivity contribution in [3.8, 4) is 0 Å². The molecule has 2 aliphatic rings. The number of benzene rings is 1. The number of hydrogen-bond donors (Lipinski definition) is 0. The van der Waals surface area contributed by atoms with Crippen LogP contribution in [0, 0.1) is 12.7 Å². The lowest BCUT2D eigenvalue weighted by Gasteiger charge is -2.36. The van der Waals surface area contributed by atoms with Crippen LogP contribution in [0.15, 0.2) is 40.3 Å². The van der Waals surface area contributed by atoms with Gasteiger partial charge >= 0.3 is 0 Å². The molecule has 9 nitrogen and oxygen atoms in total. The maximum Gasteiger partial charge on any atom is 0.263 e. The van der Waals surface area contributed by atoms with Crippen molar-refractivity contribution in [2.45, 2.75) is 37.6 Å². The van der Waals surface area contributed by atoms with Crippen LogP contribution in [-0.4, -0.2) is 72.3 Å². The van der Waals surface area contributed by atoms with E-state index in [-0.39, 0.29) is 28.6 Å². The lowest BCUT2D eigenvalue weighted by Crippen LogP contribution is -2.50. The van der Waals surface area contributed by atoms with Gasteiger partial charge in [0, 0.05) is 44.1 Å². The maximum atomic E-state index is 14.1. The number of halogens is 1. The number of fused-ring (bicyclic) bond motifs is 1. The molecule has 3 aromatic rings. The summed E-state index contributed by atoms with van der Waals surface area (Å²) in [6.45, 7) is 4.05. The van der Waals surface area contributed by atoms with Gasteiger partial charge < -0.3 is 9.80 Å². The predicted octanol–water partition coefficient (Wildman–Crippen LogP) is 2.43. The number of piperazine rings is 1. The summed E-state index contributed by atoms with van der Waals surface area (Å²) in [4.78, 5) is 35.2. The van der Waals surface area contributed by atoms with Crippen molar-refractivity contribution in [2.24, 2.45) is 0 Å². The molecule has 0 bridgehead atoms. The van der Waals surface area contributed by atoms with E-state index < -0.39 is 15.6 Å². The number of aromatic nitrogens is 2. The molecule has 0 spiro atoms. The molecule has 2 aliphatic heterocycles. The quantitative estimate of drug-likeness (QED) is 0.500. The van der Waals surface area contributed by atoms with Gasteiger partial charge in [-0.15, -0.1) is 11.3 Å². The molecular weight excluding hydrogens is 505 g/mol. The molecule has 0 atom stereocenters. The van der Waals surface area contributed by atoms with Crippen molar-refractivity contribution in [1.82, 2.24) is 18.8 Å². The normalized spacial score (nSPS) is 17.6. The molecule has 0 saturated carbocycles. The molecule has 2 aromatic heterocycles. The average Bonchev–Trinajstić information content (AvgIpc) is 3.24. The van der Waals surface area contributed by atoms with Crippen molar-refractivity contribution in [2.75, 3.05) is 44.2 Å². The van der Waals surface area contributed by atoms with Crippen molar-refractivity contribution in [1.29, 1.82) is 0 Å². The summed E-state index contributed by atoms with van der Waals surface area (Å²) in [6, 6.07) is 6.54. The highest BCUT2D eigenvalue weighted by Crippen LogP contribution is 2.33. The van der Waals surface area contributed by atoms with Crippen LogP contribution in [0.1, 0.15) is 24.1 Å². The van der Waals surface area contributed by atoms with Crippen molar-refractivity contribution < 1.29 is 17.6 Å². The largest absolute Gasteiger partial charge is 0.366 e. The zero-order chi connectivity index (χ0) is 25.4. The van der Waals surface area contributed by atoms with E-state index in [0.29, 0.717) is 54.7 Å². The Hall–Kier alpha value is -2.83. The standard InChI is InChI=1S/C24H28FN5O4S2/c1-17-22(36(33,34)30-9-5-2-6-10-30)21-23(35-17)26-16-29(24(21)32)15-20(31)28-13-11-27(12-14-28)19-8-4-3-7-18(19)25/h3-4,7-8,16H,2,5-6,9-15H2,1H3. The third-order valence-corrected chi connectivity index (χ3v) is 10.1. The van der Waals surface area contributed by atoms with Gasteiger partial charge in [-0.2, -0.15) is 4.31 Å². The van der Waals surface area contributed by atoms with Crippen LogP contribution in [0.5, 0.6) is 0 Å². The summed E-state index contributed by atoms with van der Waals surface area (Å²) in [5.74, 6) is -0.566. The minimum absolute atomic E-state index is 0.0159. The van der Waals surface area contributed by atoms with E-state index in [2.05, 4.69) is 4.98 Å². The van der Waals surface area contributed by atoms with E-state index in [1.165, 1.54) is 32.6 Å². The molecule has 5 rings (SSSR count). The van der Waals surface area contributed by atoms with Crippen LogP contribution in [0.4, 0.5) is 10.1 Å². The summed E-state index contributed by atoms with van der Waals surface area (Å²) in [5.41, 5.74) is -0.0241. The second kappa shape index (κ2) is 9.91. The van der Waals surface area contributed by atoms with E-state index in [1.807, 2.05) is 4.90 Å². The van der Waals surface area contributed by atoms with Crippen molar-refractivity contribution in [3.05, 3.63) is 51.6 Å². The molecule has 0 aliphatic carbocycles. The summed E-state index contributed by atoms with van der Waals surface area (Å²) >= 11 is 1.18. The Balaban J connectivity index is 1.36. The van der Waals surface area contributed by atoms with Crippen LogP contribution < -0.4 is 10.5 Å². The first-order valence-corrected chi connectivity index (χ1v) is 14.3. The number of anilines is 1. The Morgan fingerprint density at radius 3 is 2.44 bits per heavy atom. The van der Waals surface area contributed by atoms with Gasteiger partial charge in [-0.1, -0.05) is 18.6 Å². The number of para-hydroxylation sites is 1. The van der Waals surface area contributed by atoms with Gasteiger partial charge in [-0.3, -0.25) is 14.2 Å². The minimum atomic E-state index is -3.84. The first-order valence-electron chi connectivity index (χ1n) is 12.0. The number of rotatable bonds is 5. The van der Waals surface area contributed by atoms with E-state index in [1.54, 1.807) is 30.0 Å². The van der Waals surface area contributed by atoms with Crippen LogP contribution in [0.3, 0.4) is 0 Å². The number of carbonyl (C=O) groups excluding carboxylic acids is 1. The monoisotopic (exact) mass is 533 g/mol. The Kier molecular flexibility index (Phi) is 6.84. The van der Waals surface area contributed by atoms with Gasteiger partial charge in [0.2, 0.25) is 15.9 Å². The lowest BCUT2D eigenvalue weighted by atomic mass is 10.2. The summed E-state index contributed by atoms with van der Waals surface area (Å²) in [6.07, 6.45) is 3.88. The molecule has 2 fully saturated rings. The number of carbonyl (C=O) groups is 1. The summed E-state index contributed by atoms with van der Waals surface area (Å²) < 4.78 is 43.6. The highest BCUT2D eigenvalue weighted by molar-refractivity contribution is 7.89. The zero-order valence-corrected chi connectivity index (χ0v) is 21.7. The Morgan fingerprint density at radius 1 is 1.06 bits per heavy atom. The third-order valence-electron chi connectivity index (χ3n) is 6.84. The second-order valence-corrected chi connectivity index (χ2v) is 12.2. The molecule has 192 valence electrons. The first kappa shape index (κ1) is 24.8. The number of piperidine rings is 1. The van der Waals surface area contributed by atoms with Gasteiger partial charge in [0.05, 0.1) is 17.4 Å². The maximum absolute atomic E-state index is 14.1. The van der Waals surface area contributed by atoms with Crippen molar-refractivity contribution in [3.63, 3.8) is 0 Å². The predicted molar refractivity (Wildman–Crippen MR) is 136 cm³/mol. The van der Waals surface area contributed by atoms with Gasteiger partial charge in [-0.25, -0.2) is 17.8 Å². The number of amides is 1. The number of aryl methyl sites for hydroxylation is 1. The zero-order valence-electron chi connectivity index (χ0n) is 20.0. The Bertz CT molecular complexity index is 1450. The molecule has 4 heterocycles. The SMILES string of the molecule is Cc1sc2ncn(CC(=O)N3CCN(c4ccccc4F)CC3)c(=O)c2c1S(=O)(=O)N1CCCCC1. The van der Waals surface area contributed by atoms with E-state index in [4.69, 9.17) is 0 Å². The van der Waals surface area contributed by atoms with Gasteiger partial charge in [0.25, 0.3) is 5.56 Å². The topological polar surface area (TPSA) is 95.8 Å². The van der Waals surface area contributed by atoms with Crippen LogP contribution in [0.2, 0.25) is 0 Å². The molecule has 36 heavy (non-hydrogen) atoms.